The summed E-state index contributed by atoms with van der Waals surface area (Å²) in [6.07, 6.45) is 1.11. The molecule has 1 aromatic rings. The molecule has 3 amide bonds. The van der Waals surface area contributed by atoms with Crippen LogP contribution in [-0.4, -0.2) is 35.1 Å². The van der Waals surface area contributed by atoms with E-state index < -0.39 is 5.97 Å². The molecule has 0 aromatic heterocycles. The van der Waals surface area contributed by atoms with Gasteiger partial charge in [-0.25, -0.2) is 4.79 Å². The molecule has 0 saturated heterocycles. The second-order valence-corrected chi connectivity index (χ2v) is 7.04. The van der Waals surface area contributed by atoms with E-state index in [1.54, 1.807) is 6.07 Å². The molecular weight excluding hydrogens is 346 g/mol. The summed E-state index contributed by atoms with van der Waals surface area (Å²) in [6, 6.07) is 4.26. The lowest BCUT2D eigenvalue weighted by Gasteiger charge is -2.21. The second kappa shape index (κ2) is 9.27. The maximum absolute atomic E-state index is 12.2. The molecule has 0 bridgehead atoms. The first-order chi connectivity index (χ1) is 11.6. The van der Waals surface area contributed by atoms with Gasteiger partial charge in [0.1, 0.15) is 0 Å². The summed E-state index contributed by atoms with van der Waals surface area (Å²) < 4.78 is 0. The van der Waals surface area contributed by atoms with Crippen molar-refractivity contribution in [1.82, 2.24) is 10.6 Å². The number of hydrogen-bond acceptors (Lipinski definition) is 3. The van der Waals surface area contributed by atoms with Gasteiger partial charge in [0.15, 0.2) is 0 Å². The molecule has 4 N–H and O–H groups in total. The van der Waals surface area contributed by atoms with Crippen LogP contribution in [0.5, 0.6) is 0 Å². The zero-order valence-electron chi connectivity index (χ0n) is 14.6. The van der Waals surface area contributed by atoms with Crippen LogP contribution in [0.15, 0.2) is 18.2 Å². The lowest BCUT2D eigenvalue weighted by atomic mass is 10.1. The van der Waals surface area contributed by atoms with Crippen LogP contribution in [0.1, 0.15) is 50.4 Å². The fraction of sp³-hybridized carbons (Fsp3) is 0.471. The molecule has 7 nitrogen and oxygen atoms in total. The van der Waals surface area contributed by atoms with Crippen molar-refractivity contribution >= 4 is 35.2 Å². The molecule has 8 heteroatoms. The first-order valence-corrected chi connectivity index (χ1v) is 8.35. The van der Waals surface area contributed by atoms with Crippen LogP contribution in [0.25, 0.3) is 0 Å². The number of nitrogens with one attached hydrogen (secondary N) is 3. The number of unbranched alkanes of at least 4 members (excludes halogenated alkanes) is 1. The van der Waals surface area contributed by atoms with Crippen molar-refractivity contribution in [2.24, 2.45) is 0 Å². The normalized spacial score (nSPS) is 10.9. The van der Waals surface area contributed by atoms with Gasteiger partial charge in [-0.2, -0.15) is 0 Å². The number of carbonyl (C=O) groups is 3. The lowest BCUT2D eigenvalue weighted by molar-refractivity contribution is -0.137. The van der Waals surface area contributed by atoms with Gasteiger partial charge in [-0.15, -0.1) is 0 Å². The summed E-state index contributed by atoms with van der Waals surface area (Å²) >= 11 is 6.05. The molecule has 25 heavy (non-hydrogen) atoms. The first kappa shape index (κ1) is 20.8. The van der Waals surface area contributed by atoms with Crippen molar-refractivity contribution in [3.8, 4) is 0 Å². The molecule has 138 valence electrons. The van der Waals surface area contributed by atoms with E-state index in [0.717, 1.165) is 0 Å². The highest BCUT2D eigenvalue weighted by atomic mass is 35.5. The zero-order chi connectivity index (χ0) is 19.0. The minimum absolute atomic E-state index is 0.0684. The van der Waals surface area contributed by atoms with E-state index in [4.69, 9.17) is 16.7 Å². The number of aliphatic carboxylic acids is 1. The predicted octanol–water partition coefficient (Wildman–Crippen LogP) is 3.24. The van der Waals surface area contributed by atoms with Crippen LogP contribution < -0.4 is 16.0 Å². The van der Waals surface area contributed by atoms with E-state index in [-0.39, 0.29) is 34.5 Å². The molecule has 0 spiro atoms. The highest BCUT2D eigenvalue weighted by molar-refractivity contribution is 6.34. The van der Waals surface area contributed by atoms with Crippen molar-refractivity contribution in [1.29, 1.82) is 0 Å². The molecule has 1 rings (SSSR count). The van der Waals surface area contributed by atoms with E-state index in [9.17, 15) is 14.4 Å². The largest absolute Gasteiger partial charge is 0.481 e. The fourth-order valence-electron chi connectivity index (χ4n) is 1.98. The van der Waals surface area contributed by atoms with Crippen LogP contribution in [0.3, 0.4) is 0 Å². The van der Waals surface area contributed by atoms with Crippen LogP contribution in [0, 0.1) is 0 Å². The van der Waals surface area contributed by atoms with E-state index in [1.165, 1.54) is 12.1 Å². The number of benzene rings is 1. The van der Waals surface area contributed by atoms with Gasteiger partial charge in [0.05, 0.1) is 10.6 Å². The summed E-state index contributed by atoms with van der Waals surface area (Å²) in [4.78, 5) is 34.5. The van der Waals surface area contributed by atoms with Gasteiger partial charge < -0.3 is 21.1 Å². The molecule has 0 radical (unpaired) electrons. The third-order valence-corrected chi connectivity index (χ3v) is 3.39. The number of halogens is 1. The van der Waals surface area contributed by atoms with Crippen molar-refractivity contribution in [2.75, 3.05) is 11.9 Å². The van der Waals surface area contributed by atoms with Gasteiger partial charge in [0.25, 0.3) is 5.91 Å². The number of hydrogen-bond donors (Lipinski definition) is 4. The summed E-state index contributed by atoms with van der Waals surface area (Å²) in [6.45, 7) is 5.93. The van der Waals surface area contributed by atoms with E-state index in [0.29, 0.717) is 25.1 Å². The molecule has 0 aliphatic heterocycles. The average molecular weight is 370 g/mol. The molecule has 0 saturated carbocycles. The highest BCUT2D eigenvalue weighted by Gasteiger charge is 2.15. The summed E-state index contributed by atoms with van der Waals surface area (Å²) in [7, 11) is 0. The maximum Gasteiger partial charge on any atom is 0.319 e. The van der Waals surface area contributed by atoms with Crippen molar-refractivity contribution in [2.45, 2.75) is 45.6 Å². The zero-order valence-corrected chi connectivity index (χ0v) is 15.4. The Bertz CT molecular complexity index is 641. The monoisotopic (exact) mass is 369 g/mol. The van der Waals surface area contributed by atoms with E-state index in [2.05, 4.69) is 16.0 Å². The number of carbonyl (C=O) groups excluding carboxylic acids is 2. The topological polar surface area (TPSA) is 108 Å². The standard InChI is InChI=1S/C17H24ClN3O4/c1-17(2,3)21-16(25)20-11-7-8-13(18)12(10-11)15(24)19-9-5-4-6-14(22)23/h7-8,10H,4-6,9H2,1-3H3,(H,19,24)(H,22,23)(H2,20,21,25). The summed E-state index contributed by atoms with van der Waals surface area (Å²) in [5, 5.41) is 16.9. The number of urea groups is 1. The van der Waals surface area contributed by atoms with Crippen LogP contribution >= 0.6 is 11.6 Å². The van der Waals surface area contributed by atoms with Crippen molar-refractivity contribution < 1.29 is 19.5 Å². The van der Waals surface area contributed by atoms with Gasteiger partial charge in [-0.3, -0.25) is 9.59 Å². The summed E-state index contributed by atoms with van der Waals surface area (Å²) in [5.74, 6) is -1.23. The minimum Gasteiger partial charge on any atom is -0.481 e. The molecule has 0 fully saturated rings. The van der Waals surface area contributed by atoms with Crippen molar-refractivity contribution in [3.63, 3.8) is 0 Å². The molecular formula is C17H24ClN3O4. The molecule has 0 heterocycles. The fourth-order valence-corrected chi connectivity index (χ4v) is 2.18. The molecule has 0 atom stereocenters. The number of anilines is 1. The number of carboxylic acids is 1. The van der Waals surface area contributed by atoms with Gasteiger partial charge in [0.2, 0.25) is 0 Å². The Balaban J connectivity index is 2.63. The van der Waals surface area contributed by atoms with Crippen LogP contribution in [-0.2, 0) is 4.79 Å². The molecule has 0 aliphatic rings. The van der Waals surface area contributed by atoms with E-state index >= 15 is 0 Å². The van der Waals surface area contributed by atoms with E-state index in [1.807, 2.05) is 20.8 Å². The Labute approximate surface area is 152 Å². The Morgan fingerprint density at radius 3 is 2.44 bits per heavy atom. The van der Waals surface area contributed by atoms with Crippen molar-refractivity contribution in [3.05, 3.63) is 28.8 Å². The Morgan fingerprint density at radius 1 is 1.16 bits per heavy atom. The molecule has 1 aromatic carbocycles. The van der Waals surface area contributed by atoms with Gasteiger partial charge >= 0.3 is 12.0 Å². The smallest absolute Gasteiger partial charge is 0.319 e. The van der Waals surface area contributed by atoms with Crippen LogP contribution in [0.4, 0.5) is 10.5 Å². The Kier molecular flexibility index (Phi) is 7.70. The van der Waals surface area contributed by atoms with Gasteiger partial charge in [-0.05, 0) is 51.8 Å². The molecule has 0 aliphatic carbocycles. The third kappa shape index (κ3) is 8.39. The molecule has 0 unspecified atom stereocenters. The first-order valence-electron chi connectivity index (χ1n) is 7.97. The minimum atomic E-state index is -0.860. The SMILES string of the molecule is CC(C)(C)NC(=O)Nc1ccc(Cl)c(C(=O)NCCCCC(=O)O)c1. The average Bonchev–Trinajstić information content (AvgIpc) is 2.46. The second-order valence-electron chi connectivity index (χ2n) is 6.63. The number of carboxylic acid groups (broad SMARTS) is 1. The number of rotatable bonds is 7. The maximum atomic E-state index is 12.2. The third-order valence-electron chi connectivity index (χ3n) is 3.06. The summed E-state index contributed by atoms with van der Waals surface area (Å²) in [5.41, 5.74) is 0.308. The lowest BCUT2D eigenvalue weighted by Crippen LogP contribution is -2.43. The van der Waals surface area contributed by atoms with Gasteiger partial charge in [0, 0.05) is 24.2 Å². The van der Waals surface area contributed by atoms with Crippen LogP contribution in [0.2, 0.25) is 5.02 Å². The number of amides is 3. The van der Waals surface area contributed by atoms with Gasteiger partial charge in [-0.1, -0.05) is 11.6 Å². The highest BCUT2D eigenvalue weighted by Crippen LogP contribution is 2.20. The quantitative estimate of drug-likeness (QED) is 0.553. The Morgan fingerprint density at radius 2 is 1.84 bits per heavy atom. The Hall–Kier alpha value is -2.28. The predicted molar refractivity (Wildman–Crippen MR) is 97.2 cm³/mol.